The monoisotopic (exact) mass is 1420 g/mol. The van der Waals surface area contributed by atoms with Crippen LogP contribution in [0, 0.1) is 0 Å². The summed E-state index contributed by atoms with van der Waals surface area (Å²) in [7, 11) is -37.3. The van der Waals surface area contributed by atoms with Gasteiger partial charge in [-0.1, -0.05) is 0 Å². The minimum absolute atomic E-state index is 0. The maximum atomic E-state index is 14.2. The number of nitrogens with zero attached hydrogens (tertiary/aromatic N) is 6. The molecule has 0 amide bonds. The van der Waals surface area contributed by atoms with Gasteiger partial charge in [-0.25, -0.2) is 71.9 Å². The summed E-state index contributed by atoms with van der Waals surface area (Å²) in [6.07, 6.45) is 0. The van der Waals surface area contributed by atoms with E-state index < -0.39 is 125 Å². The van der Waals surface area contributed by atoms with Crippen LogP contribution in [0.1, 0.15) is 0 Å². The van der Waals surface area contributed by atoms with Gasteiger partial charge in [-0.3, -0.25) is 27.7 Å². The first kappa shape index (κ1) is 64.2. The average molecular weight is 1420 g/mol. The standard InChI is InChI=1S/C48H36N10O22S8.Cu/c59-81(60,19-17-79-87(73,74)75)27-5-1-25(2-6-27)57-83(63,64)29-9-13-33-37(21-29)46-50-41(33)49-45-38-22-30(84(65,66)58-26-3-7-28(8-4-26)82(61,62)20-18-80-88(76,77)78)10-14-34(38)42(51-45)53-47-40-24-32(86(70,71)72)12-16-36(40)44(55-47)56-48-39-23-31(85(67,68)69)11-15-35(39)43(52-46)54-48;/h1-16,21-24,57-58H,17-20H2,(H,67,68,69)(H,70,71,72)(H,73,74,75)(H,76,77,78)(H2,49,50,51,52,53,54,55,56);. The number of aromatic amines is 2. The second-order valence-electron chi connectivity index (χ2n) is 18.8. The van der Waals surface area contributed by atoms with Crippen molar-refractivity contribution in [2.45, 2.75) is 29.4 Å². The molecular weight excluding hydrogens is 1390 g/mol. The molecule has 41 heteroatoms. The van der Waals surface area contributed by atoms with Gasteiger partial charge in [0.05, 0.1) is 54.1 Å². The fourth-order valence-electron chi connectivity index (χ4n) is 8.99. The maximum absolute atomic E-state index is 14.2. The van der Waals surface area contributed by atoms with E-state index in [0.717, 1.165) is 91.0 Å². The molecule has 469 valence electrons. The summed E-state index contributed by atoms with van der Waals surface area (Å²) in [5, 5.41) is 0.279. The molecule has 0 saturated heterocycles. The molecule has 5 heterocycles. The maximum Gasteiger partial charge on any atom is 0.397 e. The predicted molar refractivity (Wildman–Crippen MR) is 309 cm³/mol. The number of aromatic nitrogens is 8. The number of hydrogen-bond donors (Lipinski definition) is 8. The van der Waals surface area contributed by atoms with Crippen molar-refractivity contribution in [3.05, 3.63) is 121 Å². The Kier molecular flexibility index (Phi) is 16.5. The Labute approximate surface area is 513 Å². The smallest absolute Gasteiger partial charge is 0.324 e. The topological polar surface area (TPSA) is 505 Å². The first-order chi connectivity index (χ1) is 41.0. The number of sulfone groups is 2. The molecule has 6 aromatic carbocycles. The van der Waals surface area contributed by atoms with Gasteiger partial charge in [0.1, 0.15) is 22.6 Å². The molecule has 9 aromatic rings. The molecule has 1 radical (unpaired) electrons. The van der Waals surface area contributed by atoms with E-state index >= 15 is 0 Å². The van der Waals surface area contributed by atoms with Gasteiger partial charge in [0, 0.05) is 72.2 Å². The van der Waals surface area contributed by atoms with Crippen LogP contribution in [0.5, 0.6) is 0 Å². The normalized spacial score (nSPS) is 13.2. The fourth-order valence-corrected chi connectivity index (χ4v) is 15.1. The van der Waals surface area contributed by atoms with Gasteiger partial charge in [0.15, 0.2) is 43.0 Å². The molecule has 0 atom stereocenters. The van der Waals surface area contributed by atoms with E-state index in [9.17, 15) is 76.4 Å². The summed E-state index contributed by atoms with van der Waals surface area (Å²) >= 11 is 0. The van der Waals surface area contributed by atoms with Crippen molar-refractivity contribution in [2.75, 3.05) is 34.2 Å². The predicted octanol–water partition coefficient (Wildman–Crippen LogP) is 4.15. The zero-order chi connectivity index (χ0) is 63.3. The largest absolute Gasteiger partial charge is 0.397 e. The quantitative estimate of drug-likeness (QED) is 0.0442. The molecule has 8 N–H and O–H groups in total. The molecule has 11 rings (SSSR count). The Hall–Kier alpha value is -7.84. The number of H-pyrrole nitrogens is 2. The molecule has 2 aliphatic rings. The number of anilines is 2. The average Bonchev–Trinajstić information content (AvgIpc) is 2.14. The SMILES string of the molecule is O=S(=O)(O)OCCS(=O)(=O)c1ccc(NS(=O)(=O)c2ccc3c(c2)-c2nc-3nc3[nH]c(nc4nc(nc5[nH]c(n2)c2ccc(S(=O)(=O)Nc6ccc(S(=O)(=O)CCOS(=O)(=O)O)cc6)cc52)-c2ccc(S(=O)(=O)O)cc2-4)c2ccc(S(=O)(=O)O)cc32)cc1.[Cu]. The Bertz CT molecular complexity index is 5650. The number of hydrogen-bond acceptors (Lipinski definition) is 24. The van der Waals surface area contributed by atoms with E-state index in [1.165, 1.54) is 30.3 Å². The van der Waals surface area contributed by atoms with E-state index in [-0.39, 0.29) is 128 Å². The van der Waals surface area contributed by atoms with Crippen molar-refractivity contribution in [2.24, 2.45) is 0 Å². The van der Waals surface area contributed by atoms with Crippen LogP contribution in [0.4, 0.5) is 11.4 Å². The third-order valence-corrected chi connectivity index (χ3v) is 21.8. The number of nitrogens with one attached hydrogen (secondary N) is 4. The van der Waals surface area contributed by atoms with Crippen LogP contribution in [0.15, 0.2) is 151 Å². The third-order valence-electron chi connectivity index (χ3n) is 13.0. The Morgan fingerprint density at radius 3 is 1.04 bits per heavy atom. The summed E-state index contributed by atoms with van der Waals surface area (Å²) in [5.41, 5.74) is -0.665. The first-order valence-corrected chi connectivity index (χ1v) is 36.2. The van der Waals surface area contributed by atoms with E-state index in [0.29, 0.717) is 0 Å². The second kappa shape index (κ2) is 22.9. The minimum atomic E-state index is -4.95. The van der Waals surface area contributed by atoms with Crippen LogP contribution in [-0.4, -0.2) is 150 Å². The van der Waals surface area contributed by atoms with Gasteiger partial charge in [-0.15, -0.1) is 0 Å². The zero-order valence-electron chi connectivity index (χ0n) is 43.8. The van der Waals surface area contributed by atoms with Gasteiger partial charge in [-0.2, -0.15) is 33.7 Å². The van der Waals surface area contributed by atoms with E-state index in [1.807, 2.05) is 0 Å². The van der Waals surface area contributed by atoms with Crippen LogP contribution in [0.2, 0.25) is 0 Å². The van der Waals surface area contributed by atoms with Gasteiger partial charge in [0.2, 0.25) is 0 Å². The van der Waals surface area contributed by atoms with E-state index in [2.05, 4.69) is 42.7 Å². The van der Waals surface area contributed by atoms with Gasteiger partial charge in [0.25, 0.3) is 40.3 Å². The first-order valence-electron chi connectivity index (χ1n) is 24.3. The fraction of sp³-hybridized carbons (Fsp3) is 0.0833. The van der Waals surface area contributed by atoms with Crippen molar-refractivity contribution >= 4 is 136 Å². The van der Waals surface area contributed by atoms with Crippen LogP contribution < -0.4 is 9.44 Å². The Balaban J connectivity index is 0.00000873. The van der Waals surface area contributed by atoms with Crippen LogP contribution in [0.3, 0.4) is 0 Å². The number of fused-ring (bicyclic) bond motifs is 20. The van der Waals surface area contributed by atoms with E-state index in [4.69, 9.17) is 24.1 Å². The minimum Gasteiger partial charge on any atom is -0.324 e. The number of rotatable bonds is 18. The molecule has 3 aromatic heterocycles. The number of sulfonamides is 2. The Morgan fingerprint density at radius 1 is 0.348 bits per heavy atom. The molecule has 0 saturated carbocycles. The van der Waals surface area contributed by atoms with Crippen molar-refractivity contribution in [1.29, 1.82) is 0 Å². The van der Waals surface area contributed by atoms with Crippen LogP contribution in [-0.2, 0) is 106 Å². The summed E-state index contributed by atoms with van der Waals surface area (Å²) in [6.45, 7) is -1.85. The van der Waals surface area contributed by atoms with Gasteiger partial charge < -0.3 is 9.97 Å². The third kappa shape index (κ3) is 13.5. The Morgan fingerprint density at radius 2 is 0.652 bits per heavy atom. The molecule has 0 fully saturated rings. The van der Waals surface area contributed by atoms with Crippen molar-refractivity contribution in [3.63, 3.8) is 0 Å². The summed E-state index contributed by atoms with van der Waals surface area (Å²) in [5.74, 6) is -2.65. The molecule has 32 nitrogen and oxygen atoms in total. The second-order valence-corrected chi connectivity index (χ2v) is 31.4. The summed E-state index contributed by atoms with van der Waals surface area (Å²) in [6, 6.07) is 22.5. The van der Waals surface area contributed by atoms with Crippen LogP contribution in [0.25, 0.3) is 89.7 Å². The molecule has 2 aliphatic heterocycles. The van der Waals surface area contributed by atoms with Crippen molar-refractivity contribution in [3.8, 4) is 45.6 Å². The molecule has 0 unspecified atom stereocenters. The van der Waals surface area contributed by atoms with Gasteiger partial charge in [-0.05, 0) is 121 Å². The van der Waals surface area contributed by atoms with Crippen molar-refractivity contribution in [1.82, 2.24) is 39.9 Å². The molecule has 8 bridgehead atoms. The number of benzene rings is 6. The zero-order valence-corrected chi connectivity index (χ0v) is 51.2. The molecule has 0 aliphatic carbocycles. The summed E-state index contributed by atoms with van der Waals surface area (Å²) in [4.78, 5) is 31.5. The molecular formula is C48H36CuN10O22S8. The summed E-state index contributed by atoms with van der Waals surface area (Å²) < 4.78 is 253. The molecule has 0 spiro atoms. The van der Waals surface area contributed by atoms with E-state index in [1.54, 1.807) is 0 Å². The van der Waals surface area contributed by atoms with Crippen molar-refractivity contribution < 1.29 is 111 Å². The van der Waals surface area contributed by atoms with Crippen LogP contribution >= 0.6 is 0 Å². The van der Waals surface area contributed by atoms with Gasteiger partial charge >= 0.3 is 20.8 Å². The molecule has 89 heavy (non-hydrogen) atoms.